The summed E-state index contributed by atoms with van der Waals surface area (Å²) in [4.78, 5) is 32.9. The van der Waals surface area contributed by atoms with Gasteiger partial charge in [0.05, 0.1) is 25.2 Å². The molecule has 3 aromatic rings. The van der Waals surface area contributed by atoms with Crippen LogP contribution in [-0.4, -0.2) is 94.1 Å². The number of aliphatic hydroxyl groups excluding tert-OH is 1. The minimum absolute atomic E-state index is 0.190. The highest BCUT2D eigenvalue weighted by Crippen LogP contribution is 2.32. The van der Waals surface area contributed by atoms with Gasteiger partial charge in [0, 0.05) is 57.6 Å². The van der Waals surface area contributed by atoms with Crippen LogP contribution >= 0.6 is 0 Å². The van der Waals surface area contributed by atoms with Crippen LogP contribution in [0.5, 0.6) is 5.75 Å². The highest BCUT2D eigenvalue weighted by molar-refractivity contribution is 5.73. The zero-order valence-electron chi connectivity index (χ0n) is 22.1. The maximum absolute atomic E-state index is 12.9. The highest BCUT2D eigenvalue weighted by atomic mass is 16.5. The fraction of sp³-hybridized carbons (Fsp3) is 0.481. The van der Waals surface area contributed by atoms with Crippen molar-refractivity contribution < 1.29 is 9.84 Å². The first-order chi connectivity index (χ1) is 18.4. The van der Waals surface area contributed by atoms with Crippen LogP contribution in [-0.2, 0) is 6.54 Å². The molecule has 0 bridgehead atoms. The Kier molecular flexibility index (Phi) is 7.87. The van der Waals surface area contributed by atoms with Gasteiger partial charge in [0.2, 0.25) is 5.95 Å². The Bertz CT molecular complexity index is 1340. The summed E-state index contributed by atoms with van der Waals surface area (Å²) in [5.41, 5.74) is 2.67. The molecular weight excluding hydrogens is 484 g/mol. The number of aromatic nitrogens is 4. The van der Waals surface area contributed by atoms with Gasteiger partial charge >= 0.3 is 0 Å². The number of methoxy groups -OCH3 is 1. The van der Waals surface area contributed by atoms with Gasteiger partial charge in [0.25, 0.3) is 5.56 Å². The van der Waals surface area contributed by atoms with Gasteiger partial charge in [-0.05, 0) is 44.0 Å². The molecule has 11 nitrogen and oxygen atoms in total. The number of piperidine rings is 1. The molecule has 1 aromatic carbocycles. The molecule has 4 heterocycles. The number of hydrogen-bond acceptors (Lipinski definition) is 10. The zero-order chi connectivity index (χ0) is 26.6. The molecule has 1 unspecified atom stereocenters. The molecule has 0 aliphatic carbocycles. The second-order valence-electron chi connectivity index (χ2n) is 10.1. The quantitative estimate of drug-likeness (QED) is 0.427. The van der Waals surface area contributed by atoms with E-state index in [4.69, 9.17) is 9.72 Å². The van der Waals surface area contributed by atoms with E-state index in [1.54, 1.807) is 17.9 Å². The first-order valence-electron chi connectivity index (χ1n) is 13.1. The van der Waals surface area contributed by atoms with Crippen molar-refractivity contribution >= 4 is 28.5 Å². The Morgan fingerprint density at radius 2 is 2.03 bits per heavy atom. The molecule has 0 radical (unpaired) electrons. The fourth-order valence-corrected chi connectivity index (χ4v) is 5.25. The van der Waals surface area contributed by atoms with Gasteiger partial charge in [-0.1, -0.05) is 6.58 Å². The second-order valence-corrected chi connectivity index (χ2v) is 10.1. The standard InChI is InChI=1S/C27H36N8O3/c1-4-24(36)34-9-5-6-19(17-34)18-35-25(37)16-28-22-15-29-27(31-26(22)35)30-21-8-7-20(14-23(21)38-3)33-12-10-32(2)11-13-33/h4,7-8,14-16,19,24,36H,1,5-6,9-13,17-18H2,2-3H3,(H,29,30,31)/t19-,24?/m1/s1. The molecular formula is C27H36N8O3. The normalized spacial score (nSPS) is 19.9. The van der Waals surface area contributed by atoms with Gasteiger partial charge in [-0.25, -0.2) is 9.97 Å². The van der Waals surface area contributed by atoms with Crippen molar-refractivity contribution in [2.24, 2.45) is 5.92 Å². The number of nitrogens with one attached hydrogen (secondary N) is 1. The van der Waals surface area contributed by atoms with Crippen LogP contribution in [0, 0.1) is 5.92 Å². The average Bonchev–Trinajstić information content (AvgIpc) is 2.95. The largest absolute Gasteiger partial charge is 0.494 e. The van der Waals surface area contributed by atoms with E-state index in [9.17, 15) is 9.90 Å². The van der Waals surface area contributed by atoms with E-state index < -0.39 is 6.23 Å². The van der Waals surface area contributed by atoms with E-state index >= 15 is 0 Å². The predicted molar refractivity (Wildman–Crippen MR) is 148 cm³/mol. The Morgan fingerprint density at radius 1 is 1.21 bits per heavy atom. The summed E-state index contributed by atoms with van der Waals surface area (Å²) in [6.45, 7) is 9.65. The molecule has 0 saturated carbocycles. The van der Waals surface area contributed by atoms with Crippen molar-refractivity contribution in [3.8, 4) is 5.75 Å². The molecule has 202 valence electrons. The maximum Gasteiger partial charge on any atom is 0.270 e. The van der Waals surface area contributed by atoms with Crippen LogP contribution in [0.25, 0.3) is 11.2 Å². The lowest BCUT2D eigenvalue weighted by Crippen LogP contribution is -2.44. The van der Waals surface area contributed by atoms with Crippen molar-refractivity contribution in [2.75, 3.05) is 63.6 Å². The number of nitrogens with zero attached hydrogens (tertiary/aromatic N) is 7. The van der Waals surface area contributed by atoms with Gasteiger partial charge in [0.15, 0.2) is 5.65 Å². The van der Waals surface area contributed by atoms with Crippen LogP contribution in [0.3, 0.4) is 0 Å². The monoisotopic (exact) mass is 520 g/mol. The van der Waals surface area contributed by atoms with E-state index in [-0.39, 0.29) is 11.5 Å². The van der Waals surface area contributed by atoms with Crippen LogP contribution < -0.4 is 20.5 Å². The number of anilines is 3. The number of ether oxygens (including phenoxy) is 1. The number of likely N-dealkylation sites (tertiary alicyclic amines) is 1. The van der Waals surface area contributed by atoms with E-state index in [2.05, 4.69) is 44.8 Å². The summed E-state index contributed by atoms with van der Waals surface area (Å²) in [5, 5.41) is 13.5. The van der Waals surface area contributed by atoms with Gasteiger partial charge < -0.3 is 25.0 Å². The van der Waals surface area contributed by atoms with Crippen molar-refractivity contribution in [3.05, 3.63) is 53.6 Å². The number of benzene rings is 1. The first kappa shape index (κ1) is 26.1. The molecule has 38 heavy (non-hydrogen) atoms. The third kappa shape index (κ3) is 5.64. The van der Waals surface area contributed by atoms with E-state index in [0.717, 1.165) is 56.9 Å². The Labute approximate surface area is 222 Å². The van der Waals surface area contributed by atoms with Crippen molar-refractivity contribution in [3.63, 3.8) is 0 Å². The SMILES string of the molecule is C=CC(O)N1CCC[C@@H](Cn2c(=O)cnc3cnc(Nc4ccc(N5CCN(C)CC5)cc4OC)nc32)C1. The van der Waals surface area contributed by atoms with E-state index in [1.807, 2.05) is 17.0 Å². The van der Waals surface area contributed by atoms with Crippen LogP contribution in [0.15, 0.2) is 48.0 Å². The molecule has 2 atom stereocenters. The number of aliphatic hydroxyl groups is 1. The third-order valence-electron chi connectivity index (χ3n) is 7.46. The molecule has 0 spiro atoms. The molecule has 2 fully saturated rings. The van der Waals surface area contributed by atoms with Gasteiger partial charge in [-0.15, -0.1) is 0 Å². The smallest absolute Gasteiger partial charge is 0.270 e. The van der Waals surface area contributed by atoms with Crippen LogP contribution in [0.4, 0.5) is 17.3 Å². The summed E-state index contributed by atoms with van der Waals surface area (Å²) in [6, 6.07) is 6.07. The van der Waals surface area contributed by atoms with Crippen molar-refractivity contribution in [1.29, 1.82) is 0 Å². The summed E-state index contributed by atoms with van der Waals surface area (Å²) >= 11 is 0. The summed E-state index contributed by atoms with van der Waals surface area (Å²) < 4.78 is 7.35. The first-order valence-corrected chi connectivity index (χ1v) is 13.1. The zero-order valence-corrected chi connectivity index (χ0v) is 22.1. The molecule has 2 N–H and O–H groups in total. The molecule has 2 saturated heterocycles. The second kappa shape index (κ2) is 11.5. The fourth-order valence-electron chi connectivity index (χ4n) is 5.25. The molecule has 2 aliphatic heterocycles. The Hall–Kier alpha value is -3.54. The lowest BCUT2D eigenvalue weighted by molar-refractivity contribution is 0.00896. The lowest BCUT2D eigenvalue weighted by Gasteiger charge is -2.35. The highest BCUT2D eigenvalue weighted by Gasteiger charge is 2.25. The van der Waals surface area contributed by atoms with Gasteiger partial charge in [0.1, 0.15) is 17.5 Å². The van der Waals surface area contributed by atoms with Crippen molar-refractivity contribution in [1.82, 2.24) is 29.3 Å². The summed E-state index contributed by atoms with van der Waals surface area (Å²) in [7, 11) is 3.79. The van der Waals surface area contributed by atoms with E-state index in [0.29, 0.717) is 36.0 Å². The molecule has 2 aliphatic rings. The van der Waals surface area contributed by atoms with E-state index in [1.165, 1.54) is 12.3 Å². The van der Waals surface area contributed by atoms with Crippen LogP contribution in [0.2, 0.25) is 0 Å². The molecule has 2 aromatic heterocycles. The topological polar surface area (TPSA) is 112 Å². The molecule has 0 amide bonds. The Morgan fingerprint density at radius 3 is 2.79 bits per heavy atom. The minimum Gasteiger partial charge on any atom is -0.494 e. The average molecular weight is 521 g/mol. The predicted octanol–water partition coefficient (Wildman–Crippen LogP) is 1.91. The number of rotatable bonds is 8. The number of likely N-dealkylation sites (N-methyl/N-ethyl adjacent to an activating group) is 1. The minimum atomic E-state index is -0.681. The van der Waals surface area contributed by atoms with Gasteiger partial charge in [-0.2, -0.15) is 4.98 Å². The van der Waals surface area contributed by atoms with Crippen LogP contribution in [0.1, 0.15) is 12.8 Å². The maximum atomic E-state index is 12.9. The number of piperazine rings is 1. The summed E-state index contributed by atoms with van der Waals surface area (Å²) in [5.74, 6) is 1.24. The summed E-state index contributed by atoms with van der Waals surface area (Å²) in [6.07, 6.45) is 5.70. The van der Waals surface area contributed by atoms with Gasteiger partial charge in [-0.3, -0.25) is 14.3 Å². The molecule has 11 heteroatoms. The third-order valence-corrected chi connectivity index (χ3v) is 7.46. The molecule has 5 rings (SSSR count). The number of hydrogen-bond donors (Lipinski definition) is 2. The lowest BCUT2D eigenvalue weighted by atomic mass is 9.97. The Balaban J connectivity index is 1.38. The van der Waals surface area contributed by atoms with Crippen molar-refractivity contribution in [2.45, 2.75) is 25.6 Å². The number of fused-ring (bicyclic) bond motifs is 1.